The SMILES string of the molecule is CCC(C)(C)C1=N[C@@H](c2ccccc2)[C@@H](c2ccccc2)O1. The van der Waals surface area contributed by atoms with Crippen molar-refractivity contribution in [3.63, 3.8) is 0 Å². The molecule has 1 heterocycles. The van der Waals surface area contributed by atoms with Gasteiger partial charge in [0.1, 0.15) is 6.04 Å². The second kappa shape index (κ2) is 5.96. The quantitative estimate of drug-likeness (QED) is 0.746. The van der Waals surface area contributed by atoms with E-state index in [9.17, 15) is 0 Å². The second-order valence-corrected chi connectivity index (χ2v) is 6.48. The smallest absolute Gasteiger partial charge is 0.190 e. The van der Waals surface area contributed by atoms with Gasteiger partial charge in [-0.3, -0.25) is 0 Å². The number of aliphatic imine (C=N–C) groups is 1. The molecule has 0 bridgehead atoms. The molecule has 1 aliphatic rings. The lowest BCUT2D eigenvalue weighted by Gasteiger charge is -2.24. The third-order valence-electron chi connectivity index (χ3n) is 4.51. The first kappa shape index (κ1) is 14.8. The fraction of sp³-hybridized carbons (Fsp3) is 0.350. The van der Waals surface area contributed by atoms with Crippen molar-refractivity contribution in [2.24, 2.45) is 10.4 Å². The Kier molecular flexibility index (Phi) is 4.02. The Morgan fingerprint density at radius 1 is 0.909 bits per heavy atom. The maximum Gasteiger partial charge on any atom is 0.190 e. The summed E-state index contributed by atoms with van der Waals surface area (Å²) in [6, 6.07) is 20.9. The highest BCUT2D eigenvalue weighted by molar-refractivity contribution is 5.84. The summed E-state index contributed by atoms with van der Waals surface area (Å²) in [5, 5.41) is 0. The van der Waals surface area contributed by atoms with Gasteiger partial charge in [0.15, 0.2) is 12.0 Å². The van der Waals surface area contributed by atoms with E-state index in [-0.39, 0.29) is 17.6 Å². The molecule has 22 heavy (non-hydrogen) atoms. The van der Waals surface area contributed by atoms with E-state index < -0.39 is 0 Å². The topological polar surface area (TPSA) is 21.6 Å². The lowest BCUT2D eigenvalue weighted by molar-refractivity contribution is 0.173. The molecule has 0 fully saturated rings. The average molecular weight is 293 g/mol. The van der Waals surface area contributed by atoms with E-state index >= 15 is 0 Å². The number of rotatable bonds is 4. The van der Waals surface area contributed by atoms with Gasteiger partial charge in [0.05, 0.1) is 0 Å². The van der Waals surface area contributed by atoms with Gasteiger partial charge < -0.3 is 4.74 Å². The third kappa shape index (κ3) is 2.78. The van der Waals surface area contributed by atoms with E-state index in [0.717, 1.165) is 12.3 Å². The lowest BCUT2D eigenvalue weighted by atomic mass is 9.90. The highest BCUT2D eigenvalue weighted by Crippen LogP contribution is 2.43. The predicted octanol–water partition coefficient (Wildman–Crippen LogP) is 5.33. The fourth-order valence-corrected chi connectivity index (χ4v) is 2.69. The van der Waals surface area contributed by atoms with Crippen molar-refractivity contribution in [3.8, 4) is 0 Å². The van der Waals surface area contributed by atoms with E-state index in [4.69, 9.17) is 9.73 Å². The van der Waals surface area contributed by atoms with Crippen LogP contribution in [0.5, 0.6) is 0 Å². The molecule has 0 unspecified atom stereocenters. The lowest BCUT2D eigenvalue weighted by Crippen LogP contribution is -2.24. The van der Waals surface area contributed by atoms with Gasteiger partial charge in [0.2, 0.25) is 0 Å². The van der Waals surface area contributed by atoms with Gasteiger partial charge in [-0.2, -0.15) is 0 Å². The molecular formula is C20H23NO. The standard InChI is InChI=1S/C20H23NO/c1-4-20(2,3)19-21-17(15-11-7-5-8-12-15)18(22-19)16-13-9-6-10-14-16/h5-14,17-18H,4H2,1-3H3/t17-,18+/m0/s1. The van der Waals surface area contributed by atoms with Crippen LogP contribution in [0.3, 0.4) is 0 Å². The average Bonchev–Trinajstić information content (AvgIpc) is 3.02. The molecule has 2 aromatic carbocycles. The molecule has 0 saturated heterocycles. The zero-order valence-electron chi connectivity index (χ0n) is 13.5. The highest BCUT2D eigenvalue weighted by atomic mass is 16.5. The molecule has 0 spiro atoms. The first-order chi connectivity index (χ1) is 10.6. The number of nitrogens with zero attached hydrogens (tertiary/aromatic N) is 1. The molecule has 0 aliphatic carbocycles. The minimum Gasteiger partial charge on any atom is -0.470 e. The molecule has 1 aliphatic heterocycles. The van der Waals surface area contributed by atoms with E-state index in [1.165, 1.54) is 11.1 Å². The first-order valence-electron chi connectivity index (χ1n) is 7.96. The normalized spacial score (nSPS) is 21.3. The van der Waals surface area contributed by atoms with E-state index in [1.54, 1.807) is 0 Å². The number of ether oxygens (including phenoxy) is 1. The third-order valence-corrected chi connectivity index (χ3v) is 4.51. The summed E-state index contributed by atoms with van der Waals surface area (Å²) >= 11 is 0. The molecule has 114 valence electrons. The molecule has 0 aromatic heterocycles. The molecule has 2 nitrogen and oxygen atoms in total. The van der Waals surface area contributed by atoms with Crippen LogP contribution in [0, 0.1) is 5.41 Å². The van der Waals surface area contributed by atoms with Crippen LogP contribution < -0.4 is 0 Å². The van der Waals surface area contributed by atoms with Crippen molar-refractivity contribution >= 4 is 5.90 Å². The maximum atomic E-state index is 6.32. The molecule has 0 saturated carbocycles. The number of hydrogen-bond acceptors (Lipinski definition) is 2. The van der Waals surface area contributed by atoms with Crippen molar-refractivity contribution in [1.29, 1.82) is 0 Å². The summed E-state index contributed by atoms with van der Waals surface area (Å²) in [4.78, 5) is 4.95. The Bertz CT molecular complexity index is 646. The van der Waals surface area contributed by atoms with Crippen molar-refractivity contribution in [2.75, 3.05) is 0 Å². The molecule has 2 aromatic rings. The predicted molar refractivity (Wildman–Crippen MR) is 91.0 cm³/mol. The van der Waals surface area contributed by atoms with E-state index in [2.05, 4.69) is 69.3 Å². The highest BCUT2D eigenvalue weighted by Gasteiger charge is 2.38. The molecule has 3 rings (SSSR count). The molecule has 0 radical (unpaired) electrons. The van der Waals surface area contributed by atoms with Gasteiger partial charge in [0.25, 0.3) is 0 Å². The van der Waals surface area contributed by atoms with E-state index in [1.807, 2.05) is 12.1 Å². The van der Waals surface area contributed by atoms with Gasteiger partial charge in [-0.1, -0.05) is 81.4 Å². The summed E-state index contributed by atoms with van der Waals surface area (Å²) in [6.45, 7) is 6.57. The van der Waals surface area contributed by atoms with Gasteiger partial charge in [-0.25, -0.2) is 4.99 Å². The molecule has 0 amide bonds. The van der Waals surface area contributed by atoms with Crippen LogP contribution in [0.15, 0.2) is 65.7 Å². The number of benzene rings is 2. The summed E-state index contributed by atoms with van der Waals surface area (Å²) < 4.78 is 6.32. The van der Waals surface area contributed by atoms with Crippen molar-refractivity contribution in [1.82, 2.24) is 0 Å². The minimum absolute atomic E-state index is 0.0312. The summed E-state index contributed by atoms with van der Waals surface area (Å²) in [5.41, 5.74) is 2.36. The second-order valence-electron chi connectivity index (χ2n) is 6.48. The molecule has 0 N–H and O–H groups in total. The summed E-state index contributed by atoms with van der Waals surface area (Å²) in [7, 11) is 0. The Hall–Kier alpha value is -2.09. The van der Waals surface area contributed by atoms with E-state index in [0.29, 0.717) is 0 Å². The fourth-order valence-electron chi connectivity index (χ4n) is 2.69. The van der Waals surface area contributed by atoms with Crippen LogP contribution in [-0.2, 0) is 4.74 Å². The van der Waals surface area contributed by atoms with Gasteiger partial charge in [0, 0.05) is 5.41 Å². The van der Waals surface area contributed by atoms with Crippen molar-refractivity contribution in [3.05, 3.63) is 71.8 Å². The Morgan fingerprint density at radius 3 is 2.00 bits per heavy atom. The summed E-state index contributed by atoms with van der Waals surface area (Å²) in [5.74, 6) is 0.873. The maximum absolute atomic E-state index is 6.32. The molecular weight excluding hydrogens is 270 g/mol. The Labute approximate surface area is 132 Å². The summed E-state index contributed by atoms with van der Waals surface area (Å²) in [6.07, 6.45) is 0.971. The van der Waals surface area contributed by atoms with Crippen molar-refractivity contribution < 1.29 is 4.74 Å². The van der Waals surface area contributed by atoms with Gasteiger partial charge in [-0.05, 0) is 17.5 Å². The van der Waals surface area contributed by atoms with Crippen LogP contribution in [-0.4, -0.2) is 5.90 Å². The number of hydrogen-bond donors (Lipinski definition) is 0. The minimum atomic E-state index is -0.0376. The zero-order chi connectivity index (χ0) is 15.6. The van der Waals surface area contributed by atoms with Crippen LogP contribution in [0.1, 0.15) is 50.5 Å². The Morgan fingerprint density at radius 2 is 1.45 bits per heavy atom. The van der Waals surface area contributed by atoms with Gasteiger partial charge >= 0.3 is 0 Å². The molecule has 2 atom stereocenters. The monoisotopic (exact) mass is 293 g/mol. The van der Waals surface area contributed by atoms with Crippen LogP contribution in [0.2, 0.25) is 0 Å². The van der Waals surface area contributed by atoms with Crippen LogP contribution >= 0.6 is 0 Å². The van der Waals surface area contributed by atoms with Crippen molar-refractivity contribution in [2.45, 2.75) is 39.3 Å². The zero-order valence-corrected chi connectivity index (χ0v) is 13.5. The first-order valence-corrected chi connectivity index (χ1v) is 7.96. The molecule has 2 heteroatoms. The van der Waals surface area contributed by atoms with Crippen LogP contribution in [0.4, 0.5) is 0 Å². The Balaban J connectivity index is 2.00. The van der Waals surface area contributed by atoms with Gasteiger partial charge in [-0.15, -0.1) is 0 Å². The van der Waals surface area contributed by atoms with Crippen LogP contribution in [0.25, 0.3) is 0 Å². The largest absolute Gasteiger partial charge is 0.470 e.